The third-order valence-electron chi connectivity index (χ3n) is 4.58. The lowest BCUT2D eigenvalue weighted by molar-refractivity contribution is 0.932. The third-order valence-corrected chi connectivity index (χ3v) is 4.58. The second kappa shape index (κ2) is 6.33. The Balaban J connectivity index is 2.08. The van der Waals surface area contributed by atoms with Crippen molar-refractivity contribution in [2.24, 2.45) is 0 Å². The van der Waals surface area contributed by atoms with Crippen molar-refractivity contribution < 1.29 is 0 Å². The van der Waals surface area contributed by atoms with Crippen LogP contribution in [0.25, 0.3) is 10.8 Å². The van der Waals surface area contributed by atoms with Crippen LogP contribution in [0.4, 0.5) is 11.4 Å². The van der Waals surface area contributed by atoms with E-state index in [1.807, 2.05) is 7.05 Å². The molecular formula is C21H24N2. The Morgan fingerprint density at radius 1 is 0.870 bits per heavy atom. The van der Waals surface area contributed by atoms with Crippen molar-refractivity contribution in [2.75, 3.05) is 31.4 Å². The van der Waals surface area contributed by atoms with Gasteiger partial charge in [0.05, 0.1) is 0 Å². The molecule has 0 aliphatic carbocycles. The summed E-state index contributed by atoms with van der Waals surface area (Å²) < 4.78 is 0. The van der Waals surface area contributed by atoms with E-state index in [0.29, 0.717) is 5.92 Å². The molecule has 3 rings (SSSR count). The monoisotopic (exact) mass is 304 g/mol. The third kappa shape index (κ3) is 2.89. The summed E-state index contributed by atoms with van der Waals surface area (Å²) in [5, 5.41) is 5.94. The topological polar surface area (TPSA) is 15.3 Å². The molecule has 0 spiro atoms. The quantitative estimate of drug-likeness (QED) is 0.721. The van der Waals surface area contributed by atoms with Gasteiger partial charge >= 0.3 is 0 Å². The van der Waals surface area contributed by atoms with Crippen LogP contribution in [0.5, 0.6) is 0 Å². The lowest BCUT2D eigenvalue weighted by Crippen LogP contribution is -2.08. The fraction of sp³-hybridized carbons (Fsp3) is 0.238. The van der Waals surface area contributed by atoms with E-state index in [1.165, 1.54) is 33.3 Å². The summed E-state index contributed by atoms with van der Waals surface area (Å²) in [6.45, 7) is 2.28. The second-order valence-electron chi connectivity index (χ2n) is 6.21. The van der Waals surface area contributed by atoms with Crippen molar-refractivity contribution in [3.63, 3.8) is 0 Å². The Morgan fingerprint density at radius 2 is 1.52 bits per heavy atom. The van der Waals surface area contributed by atoms with Crippen molar-refractivity contribution >= 4 is 22.1 Å². The maximum atomic E-state index is 3.33. The first-order valence-corrected chi connectivity index (χ1v) is 8.08. The van der Waals surface area contributed by atoms with Crippen LogP contribution in [0.1, 0.15) is 24.0 Å². The summed E-state index contributed by atoms with van der Waals surface area (Å²) in [5.41, 5.74) is 5.13. The zero-order valence-corrected chi connectivity index (χ0v) is 14.3. The molecule has 3 aromatic carbocycles. The second-order valence-corrected chi connectivity index (χ2v) is 6.21. The number of benzene rings is 3. The molecule has 23 heavy (non-hydrogen) atoms. The molecule has 0 heterocycles. The van der Waals surface area contributed by atoms with Crippen LogP contribution in [0.2, 0.25) is 0 Å². The molecule has 0 saturated heterocycles. The molecule has 0 aliphatic heterocycles. The van der Waals surface area contributed by atoms with Crippen LogP contribution in [0.15, 0.2) is 60.7 Å². The average molecular weight is 304 g/mol. The van der Waals surface area contributed by atoms with Gasteiger partial charge < -0.3 is 10.2 Å². The molecule has 0 amide bonds. The molecule has 0 bridgehead atoms. The number of nitrogens with zero attached hydrogens (tertiary/aromatic N) is 1. The fourth-order valence-electron chi connectivity index (χ4n) is 3.18. The van der Waals surface area contributed by atoms with Crippen molar-refractivity contribution in [2.45, 2.75) is 12.8 Å². The molecule has 0 saturated carbocycles. The van der Waals surface area contributed by atoms with Crippen LogP contribution in [0.3, 0.4) is 0 Å². The van der Waals surface area contributed by atoms with E-state index in [2.05, 4.69) is 91.9 Å². The SMILES string of the molecule is CNc1cccc2cccc([C@@H](C)c3ccc(N(C)C)cc3)c12. The summed E-state index contributed by atoms with van der Waals surface area (Å²) in [4.78, 5) is 2.13. The molecule has 0 aliphatic rings. The van der Waals surface area contributed by atoms with Crippen LogP contribution in [0, 0.1) is 0 Å². The smallest absolute Gasteiger partial charge is 0.0420 e. The van der Waals surface area contributed by atoms with Crippen LogP contribution in [-0.2, 0) is 0 Å². The Labute approximate surface area is 138 Å². The largest absolute Gasteiger partial charge is 0.388 e. The highest BCUT2D eigenvalue weighted by molar-refractivity contribution is 5.97. The molecule has 0 aromatic heterocycles. The number of hydrogen-bond acceptors (Lipinski definition) is 2. The van der Waals surface area contributed by atoms with Crippen molar-refractivity contribution in [1.82, 2.24) is 0 Å². The Kier molecular flexibility index (Phi) is 4.24. The summed E-state index contributed by atoms with van der Waals surface area (Å²) in [7, 11) is 6.13. The molecule has 0 radical (unpaired) electrons. The van der Waals surface area contributed by atoms with Crippen molar-refractivity contribution in [3.05, 3.63) is 71.8 Å². The molecule has 2 nitrogen and oxygen atoms in total. The summed E-state index contributed by atoms with van der Waals surface area (Å²) in [5.74, 6) is 0.351. The highest BCUT2D eigenvalue weighted by Crippen LogP contribution is 2.35. The molecule has 2 heteroatoms. The lowest BCUT2D eigenvalue weighted by atomic mass is 9.88. The van der Waals surface area contributed by atoms with E-state index in [-0.39, 0.29) is 0 Å². The van der Waals surface area contributed by atoms with Gasteiger partial charge in [-0.25, -0.2) is 0 Å². The van der Waals surface area contributed by atoms with Gasteiger partial charge in [0.25, 0.3) is 0 Å². The number of anilines is 2. The highest BCUT2D eigenvalue weighted by atomic mass is 15.1. The van der Waals surface area contributed by atoms with E-state index in [9.17, 15) is 0 Å². The standard InChI is InChI=1S/C21H24N2/c1-15(16-11-13-18(14-12-16)23(3)4)19-9-5-7-17-8-6-10-20(22-2)21(17)19/h5-15,22H,1-4H3/t15-/m0/s1. The Hall–Kier alpha value is -2.48. The predicted octanol–water partition coefficient (Wildman–Crippen LogP) is 5.10. The maximum absolute atomic E-state index is 3.33. The average Bonchev–Trinajstić information content (AvgIpc) is 2.60. The van der Waals surface area contributed by atoms with Gasteiger partial charge in [-0.1, -0.05) is 49.4 Å². The van der Waals surface area contributed by atoms with E-state index < -0.39 is 0 Å². The number of rotatable bonds is 4. The molecule has 118 valence electrons. The fourth-order valence-corrected chi connectivity index (χ4v) is 3.18. The molecule has 0 unspecified atom stereocenters. The molecule has 3 aromatic rings. The first-order chi connectivity index (χ1) is 11.1. The number of nitrogens with one attached hydrogen (secondary N) is 1. The highest BCUT2D eigenvalue weighted by Gasteiger charge is 2.14. The zero-order chi connectivity index (χ0) is 16.4. The van der Waals surface area contributed by atoms with E-state index in [4.69, 9.17) is 0 Å². The van der Waals surface area contributed by atoms with Crippen molar-refractivity contribution in [1.29, 1.82) is 0 Å². The van der Waals surface area contributed by atoms with E-state index in [0.717, 1.165) is 0 Å². The minimum atomic E-state index is 0.351. The summed E-state index contributed by atoms with van der Waals surface area (Å²) in [6, 6.07) is 21.9. The Bertz CT molecular complexity index is 798. The van der Waals surface area contributed by atoms with Gasteiger partial charge in [0.2, 0.25) is 0 Å². The first kappa shape index (κ1) is 15.4. The number of fused-ring (bicyclic) bond motifs is 1. The molecule has 1 atom stereocenters. The van der Waals surface area contributed by atoms with Gasteiger partial charge in [-0.05, 0) is 34.7 Å². The predicted molar refractivity (Wildman–Crippen MR) is 102 cm³/mol. The molecule has 0 fully saturated rings. The van der Waals surface area contributed by atoms with Gasteiger partial charge in [-0.2, -0.15) is 0 Å². The van der Waals surface area contributed by atoms with Gasteiger partial charge in [0.15, 0.2) is 0 Å². The first-order valence-electron chi connectivity index (χ1n) is 8.08. The minimum Gasteiger partial charge on any atom is -0.388 e. The minimum absolute atomic E-state index is 0.351. The van der Waals surface area contributed by atoms with E-state index >= 15 is 0 Å². The molecular weight excluding hydrogens is 280 g/mol. The van der Waals surface area contributed by atoms with Gasteiger partial charge in [0, 0.05) is 43.8 Å². The normalized spacial score (nSPS) is 12.2. The maximum Gasteiger partial charge on any atom is 0.0420 e. The molecule has 1 N–H and O–H groups in total. The van der Waals surface area contributed by atoms with Crippen molar-refractivity contribution in [3.8, 4) is 0 Å². The summed E-state index contributed by atoms with van der Waals surface area (Å²) in [6.07, 6.45) is 0. The van der Waals surface area contributed by atoms with Gasteiger partial charge in [-0.3, -0.25) is 0 Å². The zero-order valence-electron chi connectivity index (χ0n) is 14.3. The van der Waals surface area contributed by atoms with Crippen LogP contribution >= 0.6 is 0 Å². The van der Waals surface area contributed by atoms with Crippen LogP contribution < -0.4 is 10.2 Å². The number of hydrogen-bond donors (Lipinski definition) is 1. The lowest BCUT2D eigenvalue weighted by Gasteiger charge is -2.19. The van der Waals surface area contributed by atoms with Crippen LogP contribution in [-0.4, -0.2) is 21.1 Å². The van der Waals surface area contributed by atoms with Gasteiger partial charge in [0.1, 0.15) is 0 Å². The van der Waals surface area contributed by atoms with E-state index in [1.54, 1.807) is 0 Å². The Morgan fingerprint density at radius 3 is 2.13 bits per heavy atom. The summed E-state index contributed by atoms with van der Waals surface area (Å²) >= 11 is 0. The van der Waals surface area contributed by atoms with Gasteiger partial charge in [-0.15, -0.1) is 0 Å².